The van der Waals surface area contributed by atoms with Crippen LogP contribution in [0.3, 0.4) is 0 Å². The summed E-state index contributed by atoms with van der Waals surface area (Å²) in [5.41, 5.74) is 14.1. The van der Waals surface area contributed by atoms with E-state index in [0.29, 0.717) is 17.0 Å². The Kier molecular flexibility index (Phi) is 4.27. The molecule has 6 heteroatoms. The van der Waals surface area contributed by atoms with Gasteiger partial charge in [-0.3, -0.25) is 4.79 Å². The van der Waals surface area contributed by atoms with Gasteiger partial charge in [0.25, 0.3) is 5.91 Å². The van der Waals surface area contributed by atoms with Crippen molar-refractivity contribution in [2.24, 2.45) is 5.73 Å². The van der Waals surface area contributed by atoms with E-state index in [1.54, 1.807) is 0 Å². The monoisotopic (exact) mass is 328 g/mol. The fourth-order valence-electron chi connectivity index (χ4n) is 2.52. The average Bonchev–Trinajstić information content (AvgIpc) is 2.84. The van der Waals surface area contributed by atoms with Gasteiger partial charge in [-0.15, -0.1) is 0 Å². The van der Waals surface area contributed by atoms with Gasteiger partial charge in [-0.25, -0.2) is 0 Å². The van der Waals surface area contributed by atoms with Crippen molar-refractivity contribution in [1.82, 2.24) is 0 Å². The molecular formula is C17H16N2O3S. The largest absolute Gasteiger partial charge is 0.616 e. The zero-order valence-corrected chi connectivity index (χ0v) is 13.1. The minimum absolute atomic E-state index is 0.163. The maximum Gasteiger partial charge on any atom is 0.267 e. The van der Waals surface area contributed by atoms with Gasteiger partial charge in [0.05, 0.1) is 5.69 Å². The van der Waals surface area contributed by atoms with E-state index in [4.69, 9.17) is 15.9 Å². The number of nitrogen functional groups attached to an aromatic ring is 1. The first-order valence-electron chi connectivity index (χ1n) is 7.05. The van der Waals surface area contributed by atoms with Gasteiger partial charge < -0.3 is 20.4 Å². The van der Waals surface area contributed by atoms with Crippen molar-refractivity contribution in [3.63, 3.8) is 0 Å². The molecule has 3 aromatic rings. The highest BCUT2D eigenvalue weighted by atomic mass is 32.2. The highest BCUT2D eigenvalue weighted by Crippen LogP contribution is 2.37. The third-order valence-corrected chi connectivity index (χ3v) is 4.76. The fourth-order valence-corrected chi connectivity index (χ4v) is 3.53. The quantitative estimate of drug-likeness (QED) is 0.701. The Balaban J connectivity index is 2.02. The molecule has 3 rings (SSSR count). The van der Waals surface area contributed by atoms with Crippen LogP contribution in [0.25, 0.3) is 22.3 Å². The number of fused-ring (bicyclic) bond motifs is 1. The number of nitrogens with two attached hydrogens (primary N) is 2. The van der Waals surface area contributed by atoms with Crippen LogP contribution in [0, 0.1) is 0 Å². The number of hydrogen-bond acceptors (Lipinski definition) is 4. The molecule has 4 N–H and O–H groups in total. The lowest BCUT2D eigenvalue weighted by Crippen LogP contribution is -2.24. The number of furan rings is 1. The van der Waals surface area contributed by atoms with Gasteiger partial charge in [-0.1, -0.05) is 36.4 Å². The van der Waals surface area contributed by atoms with Crippen molar-refractivity contribution in [1.29, 1.82) is 0 Å². The number of carbonyl (C=O) groups is 1. The molecule has 0 aliphatic heterocycles. The van der Waals surface area contributed by atoms with Crippen LogP contribution >= 0.6 is 0 Å². The summed E-state index contributed by atoms with van der Waals surface area (Å²) in [7, 11) is 0. The first kappa shape index (κ1) is 15.5. The molecule has 2 aromatic carbocycles. The zero-order valence-electron chi connectivity index (χ0n) is 12.3. The first-order valence-corrected chi connectivity index (χ1v) is 8.53. The Bertz CT molecular complexity index is 860. The number of benzene rings is 2. The third-order valence-electron chi connectivity index (χ3n) is 3.52. The summed E-state index contributed by atoms with van der Waals surface area (Å²) >= 11 is -1.37. The molecule has 1 heterocycles. The number of para-hydroxylation sites is 1. The van der Waals surface area contributed by atoms with Crippen molar-refractivity contribution in [3.8, 4) is 11.3 Å². The van der Waals surface area contributed by atoms with E-state index in [1.165, 1.54) is 0 Å². The van der Waals surface area contributed by atoms with Gasteiger partial charge in [0, 0.05) is 16.5 Å². The lowest BCUT2D eigenvalue weighted by Gasteiger charge is -2.12. The minimum Gasteiger partial charge on any atom is -0.616 e. The summed E-state index contributed by atoms with van der Waals surface area (Å²) in [6, 6.07) is 14.9. The summed E-state index contributed by atoms with van der Waals surface area (Å²) in [6.45, 7) is 0. The van der Waals surface area contributed by atoms with E-state index < -0.39 is 17.1 Å². The number of carbonyl (C=O) groups excluding carboxylic acids is 1. The third kappa shape index (κ3) is 3.18. The fraction of sp³-hybridized carbons (Fsp3) is 0.118. The maximum absolute atomic E-state index is 12.0. The zero-order chi connectivity index (χ0) is 16.4. The normalized spacial score (nSPS) is 12.4. The molecule has 1 atom stereocenters. The number of hydrogen-bond donors (Lipinski definition) is 2. The lowest BCUT2D eigenvalue weighted by atomic mass is 10.1. The number of primary amides is 1. The second-order valence-electron chi connectivity index (χ2n) is 5.19. The molecule has 0 aliphatic rings. The van der Waals surface area contributed by atoms with Gasteiger partial charge >= 0.3 is 0 Å². The van der Waals surface area contributed by atoms with E-state index in [9.17, 15) is 9.35 Å². The van der Waals surface area contributed by atoms with Crippen molar-refractivity contribution in [2.45, 2.75) is 5.75 Å². The number of amides is 1. The Morgan fingerprint density at radius 1 is 1.13 bits per heavy atom. The molecule has 0 fully saturated rings. The molecule has 0 saturated carbocycles. The molecule has 0 radical (unpaired) electrons. The van der Waals surface area contributed by atoms with E-state index in [2.05, 4.69) is 0 Å². The van der Waals surface area contributed by atoms with E-state index in [1.807, 2.05) is 48.5 Å². The van der Waals surface area contributed by atoms with Gasteiger partial charge in [0.15, 0.2) is 11.5 Å². The van der Waals surface area contributed by atoms with Crippen LogP contribution in [-0.2, 0) is 21.7 Å². The van der Waals surface area contributed by atoms with Crippen molar-refractivity contribution in [2.75, 3.05) is 11.5 Å². The standard InChI is InChI=1S/C17H16N2O3S/c18-15(20)10-23(21)9-11-5-1-2-6-12(11)17-16(19)13-7-3-4-8-14(13)22-17/h1-8H,9-10,19H2,(H2,18,20). The van der Waals surface area contributed by atoms with E-state index in [-0.39, 0.29) is 11.5 Å². The lowest BCUT2D eigenvalue weighted by molar-refractivity contribution is -0.115. The smallest absolute Gasteiger partial charge is 0.267 e. The molecule has 0 saturated heterocycles. The van der Waals surface area contributed by atoms with Crippen LogP contribution < -0.4 is 11.5 Å². The Morgan fingerprint density at radius 3 is 2.57 bits per heavy atom. The summed E-state index contributed by atoms with van der Waals surface area (Å²) in [4.78, 5) is 10.9. The Morgan fingerprint density at radius 2 is 1.83 bits per heavy atom. The van der Waals surface area contributed by atoms with Crippen LogP contribution in [0.5, 0.6) is 0 Å². The van der Waals surface area contributed by atoms with Crippen LogP contribution in [0.15, 0.2) is 52.9 Å². The molecule has 1 unspecified atom stereocenters. The van der Waals surface area contributed by atoms with Crippen LogP contribution in [0.1, 0.15) is 5.56 Å². The Hall–Kier alpha value is -2.44. The molecule has 1 aromatic heterocycles. The van der Waals surface area contributed by atoms with E-state index in [0.717, 1.165) is 16.5 Å². The van der Waals surface area contributed by atoms with Crippen LogP contribution in [0.2, 0.25) is 0 Å². The van der Waals surface area contributed by atoms with E-state index >= 15 is 0 Å². The highest BCUT2D eigenvalue weighted by Gasteiger charge is 2.19. The van der Waals surface area contributed by atoms with Crippen LogP contribution in [-0.4, -0.2) is 16.2 Å². The second kappa shape index (κ2) is 6.36. The summed E-state index contributed by atoms with van der Waals surface area (Å²) < 4.78 is 17.9. The highest BCUT2D eigenvalue weighted by molar-refractivity contribution is 7.91. The van der Waals surface area contributed by atoms with Gasteiger partial charge in [-0.2, -0.15) is 0 Å². The molecule has 5 nitrogen and oxygen atoms in total. The van der Waals surface area contributed by atoms with Crippen molar-refractivity contribution in [3.05, 3.63) is 54.1 Å². The maximum atomic E-state index is 12.0. The summed E-state index contributed by atoms with van der Waals surface area (Å²) in [5, 5.41) is 0.843. The second-order valence-corrected chi connectivity index (χ2v) is 6.65. The molecule has 118 valence electrons. The SMILES string of the molecule is NC(=O)C[S+]([O-])Cc1ccccc1-c1oc2ccccc2c1N. The summed E-state index contributed by atoms with van der Waals surface area (Å²) in [6.07, 6.45) is 0. The Labute approximate surface area is 136 Å². The molecule has 0 bridgehead atoms. The van der Waals surface area contributed by atoms with Gasteiger partial charge in [-0.05, 0) is 23.3 Å². The molecular weight excluding hydrogens is 312 g/mol. The number of anilines is 1. The van der Waals surface area contributed by atoms with Crippen LogP contribution in [0.4, 0.5) is 5.69 Å². The van der Waals surface area contributed by atoms with Crippen molar-refractivity contribution >= 4 is 33.7 Å². The topological polar surface area (TPSA) is 105 Å². The molecule has 23 heavy (non-hydrogen) atoms. The van der Waals surface area contributed by atoms with Gasteiger partial charge in [0.1, 0.15) is 11.3 Å². The molecule has 0 spiro atoms. The molecule has 0 aliphatic carbocycles. The van der Waals surface area contributed by atoms with Crippen molar-refractivity contribution < 1.29 is 13.8 Å². The predicted octanol–water partition coefficient (Wildman–Crippen LogP) is 2.42. The van der Waals surface area contributed by atoms with Gasteiger partial charge in [0.2, 0.25) is 0 Å². The minimum atomic E-state index is -1.37. The average molecular weight is 328 g/mol. The molecule has 1 amide bonds. The predicted molar refractivity (Wildman–Crippen MR) is 92.0 cm³/mol. The number of rotatable bonds is 5. The summed E-state index contributed by atoms with van der Waals surface area (Å²) in [5.74, 6) is 0.0291. The first-order chi connectivity index (χ1) is 11.1.